The van der Waals surface area contributed by atoms with Crippen LogP contribution in [0, 0.1) is 5.82 Å². The number of Topliss-reactive ketones (excluding diaryl/α,β-unsaturated/α-hetero) is 1. The van der Waals surface area contributed by atoms with E-state index in [2.05, 4.69) is 5.32 Å². The Morgan fingerprint density at radius 2 is 1.92 bits per heavy atom. The molecule has 2 aromatic rings. The van der Waals surface area contributed by atoms with Crippen LogP contribution in [0.15, 0.2) is 42.5 Å². The molecule has 4 nitrogen and oxygen atoms in total. The molecule has 1 amide bonds. The topological polar surface area (TPSA) is 55.4 Å². The zero-order valence-corrected chi connectivity index (χ0v) is 13.9. The van der Waals surface area contributed by atoms with Crippen LogP contribution < -0.4 is 10.1 Å². The molecule has 0 aliphatic carbocycles. The number of carbonyl (C=O) groups excluding carboxylic acids is 2. The summed E-state index contributed by atoms with van der Waals surface area (Å²) in [6.45, 7) is 0.0835. The van der Waals surface area contributed by atoms with Crippen molar-refractivity contribution in [3.63, 3.8) is 0 Å². The highest BCUT2D eigenvalue weighted by Crippen LogP contribution is 2.24. The smallest absolute Gasteiger partial charge is 0.220 e. The molecule has 0 saturated heterocycles. The lowest BCUT2D eigenvalue weighted by atomic mass is 10.1. The van der Waals surface area contributed by atoms with E-state index < -0.39 is 0 Å². The third kappa shape index (κ3) is 4.80. The minimum absolute atomic E-state index is 0.00293. The monoisotopic (exact) mass is 349 g/mol. The molecule has 0 bridgehead atoms. The normalized spacial score (nSPS) is 10.3. The van der Waals surface area contributed by atoms with Crippen LogP contribution in [0.25, 0.3) is 0 Å². The summed E-state index contributed by atoms with van der Waals surface area (Å²) in [7, 11) is 1.46. The zero-order valence-electron chi connectivity index (χ0n) is 13.1. The Morgan fingerprint density at radius 3 is 2.62 bits per heavy atom. The van der Waals surface area contributed by atoms with Gasteiger partial charge in [-0.2, -0.15) is 0 Å². The maximum Gasteiger partial charge on any atom is 0.220 e. The zero-order chi connectivity index (χ0) is 17.5. The van der Waals surface area contributed by atoms with Crippen molar-refractivity contribution in [2.24, 2.45) is 0 Å². The number of halogens is 2. The van der Waals surface area contributed by atoms with Crippen LogP contribution in [0.5, 0.6) is 5.75 Å². The van der Waals surface area contributed by atoms with Gasteiger partial charge in [0.15, 0.2) is 5.78 Å². The van der Waals surface area contributed by atoms with Gasteiger partial charge in [-0.1, -0.05) is 29.8 Å². The van der Waals surface area contributed by atoms with Crippen LogP contribution >= 0.6 is 11.6 Å². The summed E-state index contributed by atoms with van der Waals surface area (Å²) >= 11 is 5.89. The van der Waals surface area contributed by atoms with Gasteiger partial charge in [-0.25, -0.2) is 4.39 Å². The Balaban J connectivity index is 1.89. The lowest BCUT2D eigenvalue weighted by Gasteiger charge is -2.09. The second-order valence-corrected chi connectivity index (χ2v) is 5.57. The fraction of sp³-hybridized carbons (Fsp3) is 0.222. The summed E-state index contributed by atoms with van der Waals surface area (Å²) in [5.41, 5.74) is 0.737. The Labute approximate surface area is 144 Å². The number of amides is 1. The lowest BCUT2D eigenvalue weighted by Crippen LogP contribution is -2.23. The first-order valence-electron chi connectivity index (χ1n) is 7.38. The van der Waals surface area contributed by atoms with Crippen molar-refractivity contribution in [1.29, 1.82) is 0 Å². The van der Waals surface area contributed by atoms with Gasteiger partial charge in [-0.05, 0) is 24.3 Å². The van der Waals surface area contributed by atoms with Crippen LogP contribution in [0.3, 0.4) is 0 Å². The van der Waals surface area contributed by atoms with E-state index in [9.17, 15) is 14.0 Å². The van der Waals surface area contributed by atoms with E-state index in [0.29, 0.717) is 21.9 Å². The van der Waals surface area contributed by atoms with Gasteiger partial charge in [-0.3, -0.25) is 9.59 Å². The number of hydrogen-bond donors (Lipinski definition) is 1. The molecule has 0 aromatic heterocycles. The highest BCUT2D eigenvalue weighted by molar-refractivity contribution is 6.31. The second-order valence-electron chi connectivity index (χ2n) is 5.14. The number of nitrogens with one attached hydrogen (secondary N) is 1. The van der Waals surface area contributed by atoms with E-state index in [1.165, 1.54) is 19.2 Å². The predicted octanol–water partition coefficient (Wildman–Crippen LogP) is 3.77. The van der Waals surface area contributed by atoms with Gasteiger partial charge in [0.05, 0.1) is 12.7 Å². The molecule has 2 aromatic carbocycles. The number of benzene rings is 2. The number of hydrogen-bond acceptors (Lipinski definition) is 3. The Bertz CT molecular complexity index is 749. The van der Waals surface area contributed by atoms with Gasteiger partial charge in [0.1, 0.15) is 11.6 Å². The number of ether oxygens (including phenoxy) is 1. The van der Waals surface area contributed by atoms with E-state index in [0.717, 1.165) is 0 Å². The summed E-state index contributed by atoms with van der Waals surface area (Å²) in [4.78, 5) is 24.1. The molecule has 24 heavy (non-hydrogen) atoms. The Morgan fingerprint density at radius 1 is 1.17 bits per heavy atom. The van der Waals surface area contributed by atoms with Crippen molar-refractivity contribution in [3.8, 4) is 5.75 Å². The van der Waals surface area contributed by atoms with Gasteiger partial charge in [0.25, 0.3) is 0 Å². The van der Waals surface area contributed by atoms with Crippen molar-refractivity contribution >= 4 is 23.3 Å². The first-order valence-corrected chi connectivity index (χ1v) is 7.76. The van der Waals surface area contributed by atoms with Crippen molar-refractivity contribution in [1.82, 2.24) is 5.32 Å². The summed E-state index contributed by atoms with van der Waals surface area (Å²) in [6, 6.07) is 10.9. The van der Waals surface area contributed by atoms with Crippen LogP contribution in [0.2, 0.25) is 5.02 Å². The van der Waals surface area contributed by atoms with E-state index in [-0.39, 0.29) is 36.9 Å². The molecule has 1 N–H and O–H groups in total. The van der Waals surface area contributed by atoms with Crippen molar-refractivity contribution in [2.75, 3.05) is 7.11 Å². The largest absolute Gasteiger partial charge is 0.496 e. The number of rotatable bonds is 7. The van der Waals surface area contributed by atoms with Gasteiger partial charge in [0, 0.05) is 30.0 Å². The van der Waals surface area contributed by atoms with E-state index in [4.69, 9.17) is 16.3 Å². The molecule has 0 heterocycles. The van der Waals surface area contributed by atoms with Crippen LogP contribution in [0.1, 0.15) is 28.8 Å². The lowest BCUT2D eigenvalue weighted by molar-refractivity contribution is -0.121. The molecule has 2 rings (SSSR count). The summed E-state index contributed by atoms with van der Waals surface area (Å²) in [6.07, 6.45) is 0.0166. The quantitative estimate of drug-likeness (QED) is 0.774. The van der Waals surface area contributed by atoms with E-state index in [1.807, 2.05) is 0 Å². The van der Waals surface area contributed by atoms with Gasteiger partial charge in [-0.15, -0.1) is 0 Å². The SMILES string of the molecule is COc1ccc(Cl)cc1C(=O)CCC(=O)NCc1ccccc1F. The van der Waals surface area contributed by atoms with Crippen molar-refractivity contribution in [3.05, 3.63) is 64.4 Å². The molecule has 0 unspecified atom stereocenters. The predicted molar refractivity (Wildman–Crippen MR) is 89.8 cm³/mol. The molecule has 0 saturated carbocycles. The average Bonchev–Trinajstić information content (AvgIpc) is 2.59. The highest BCUT2D eigenvalue weighted by Gasteiger charge is 2.14. The van der Waals surface area contributed by atoms with E-state index >= 15 is 0 Å². The van der Waals surface area contributed by atoms with Crippen molar-refractivity contribution in [2.45, 2.75) is 19.4 Å². The summed E-state index contributed by atoms with van der Waals surface area (Å²) in [5.74, 6) is -0.531. The summed E-state index contributed by atoms with van der Waals surface area (Å²) < 4.78 is 18.6. The number of methoxy groups -OCH3 is 1. The molecule has 0 aliphatic rings. The third-order valence-corrected chi connectivity index (χ3v) is 3.71. The molecule has 126 valence electrons. The van der Waals surface area contributed by atoms with Gasteiger partial charge in [0.2, 0.25) is 5.91 Å². The van der Waals surface area contributed by atoms with Crippen LogP contribution in [-0.4, -0.2) is 18.8 Å². The molecule has 0 spiro atoms. The molecule has 6 heteroatoms. The number of ketones is 1. The third-order valence-electron chi connectivity index (χ3n) is 3.47. The van der Waals surface area contributed by atoms with E-state index in [1.54, 1.807) is 30.3 Å². The molecule has 0 fully saturated rings. The first kappa shape index (κ1) is 17.9. The highest BCUT2D eigenvalue weighted by atomic mass is 35.5. The molecule has 0 radical (unpaired) electrons. The maximum atomic E-state index is 13.5. The molecule has 0 atom stereocenters. The fourth-order valence-corrected chi connectivity index (χ4v) is 2.36. The Kier molecular flexibility index (Phi) is 6.32. The maximum absolute atomic E-state index is 13.5. The molecular formula is C18H17ClFNO3. The molecular weight excluding hydrogens is 333 g/mol. The van der Waals surface area contributed by atoms with Gasteiger partial charge < -0.3 is 10.1 Å². The molecule has 0 aliphatic heterocycles. The van der Waals surface area contributed by atoms with Crippen LogP contribution in [-0.2, 0) is 11.3 Å². The Hall–Kier alpha value is -2.40. The fourth-order valence-electron chi connectivity index (χ4n) is 2.18. The van der Waals surface area contributed by atoms with Gasteiger partial charge >= 0.3 is 0 Å². The number of carbonyl (C=O) groups is 2. The first-order chi connectivity index (χ1) is 11.5. The minimum Gasteiger partial charge on any atom is -0.496 e. The van der Waals surface area contributed by atoms with Crippen molar-refractivity contribution < 1.29 is 18.7 Å². The second kappa shape index (κ2) is 8.45. The standard InChI is InChI=1S/C18H17ClFNO3/c1-24-17-8-6-13(19)10-14(17)16(22)7-9-18(23)21-11-12-4-2-3-5-15(12)20/h2-6,8,10H,7,9,11H2,1H3,(H,21,23). The minimum atomic E-state index is -0.377. The average molecular weight is 350 g/mol. The summed E-state index contributed by atoms with van der Waals surface area (Å²) in [5, 5.41) is 3.02. The van der Waals surface area contributed by atoms with Crippen LogP contribution in [0.4, 0.5) is 4.39 Å².